The molecule has 0 atom stereocenters. The van der Waals surface area contributed by atoms with E-state index in [1.807, 2.05) is 19.9 Å². The molecule has 0 aliphatic rings. The maximum atomic E-state index is 12.3. The van der Waals surface area contributed by atoms with Crippen LogP contribution < -0.4 is 14.9 Å². The molecule has 0 unspecified atom stereocenters. The van der Waals surface area contributed by atoms with Crippen molar-refractivity contribution in [3.63, 3.8) is 0 Å². The topological polar surface area (TPSA) is 106 Å². The Hall–Kier alpha value is -3.60. The van der Waals surface area contributed by atoms with Crippen LogP contribution in [-0.4, -0.2) is 36.9 Å². The second-order valence-corrected chi connectivity index (χ2v) is 9.48. The predicted octanol–water partition coefficient (Wildman–Crippen LogP) is 5.16. The first kappa shape index (κ1) is 27.0. The number of nitrogens with one attached hydrogen (secondary N) is 1. The van der Waals surface area contributed by atoms with E-state index in [1.54, 1.807) is 55.6 Å². The van der Waals surface area contributed by atoms with E-state index in [-0.39, 0.29) is 29.8 Å². The van der Waals surface area contributed by atoms with E-state index in [0.717, 1.165) is 9.13 Å². The number of ether oxygens (including phenoxy) is 3. The average molecular weight is 602 g/mol. The molecule has 3 aromatic rings. The first-order chi connectivity index (χ1) is 17.3. The largest absolute Gasteiger partial charge is 0.507 e. The number of methoxy groups -OCH3 is 1. The minimum atomic E-state index is -0.518. The third-order valence-electron chi connectivity index (χ3n) is 4.92. The van der Waals surface area contributed by atoms with Crippen molar-refractivity contribution in [1.82, 2.24) is 5.43 Å². The number of carbonyl (C=O) groups excluding carboxylic acids is 2. The third-order valence-corrected chi connectivity index (χ3v) is 5.59. The van der Waals surface area contributed by atoms with Gasteiger partial charge in [-0.2, -0.15) is 5.10 Å². The normalized spacial score (nSPS) is 10.9. The number of hydrogen-bond donors (Lipinski definition) is 2. The lowest BCUT2D eigenvalue weighted by atomic mass is 10.1. The van der Waals surface area contributed by atoms with Crippen molar-refractivity contribution in [1.29, 1.82) is 0 Å². The summed E-state index contributed by atoms with van der Waals surface area (Å²) in [7, 11) is 1.57. The van der Waals surface area contributed by atoms with E-state index in [0.29, 0.717) is 29.2 Å². The van der Waals surface area contributed by atoms with E-state index in [1.165, 1.54) is 12.3 Å². The van der Waals surface area contributed by atoms with Crippen molar-refractivity contribution in [2.45, 2.75) is 20.5 Å². The van der Waals surface area contributed by atoms with Crippen LogP contribution in [-0.2, 0) is 11.3 Å². The fourth-order valence-electron chi connectivity index (χ4n) is 3.08. The molecular weight excluding hydrogens is 575 g/mol. The first-order valence-electron chi connectivity index (χ1n) is 11.2. The van der Waals surface area contributed by atoms with Crippen LogP contribution in [0.2, 0.25) is 0 Å². The molecule has 0 aliphatic carbocycles. The standard InChI is InChI=1S/C27H27IN2O6/c1-17(2)15-36-27(33)19-5-8-22(9-6-19)35-16-20-12-18(4-11-25(20)34-3)14-29-30-26(32)23-13-21(28)7-10-24(23)31/h4-14,17,31H,15-16H2,1-3H3,(H,30,32)/b29-14-. The highest BCUT2D eigenvalue weighted by atomic mass is 127. The van der Waals surface area contributed by atoms with E-state index >= 15 is 0 Å². The quantitative estimate of drug-likeness (QED) is 0.144. The number of phenolic OH excluding ortho intramolecular Hbond substituents is 1. The SMILES string of the molecule is COc1ccc(/C=N\NC(=O)c2cc(I)ccc2O)cc1COc1ccc(C(=O)OCC(C)C)cc1. The summed E-state index contributed by atoms with van der Waals surface area (Å²) in [6.07, 6.45) is 1.49. The number of hydrazone groups is 1. The molecule has 0 saturated heterocycles. The lowest BCUT2D eigenvalue weighted by molar-refractivity contribution is 0.0458. The van der Waals surface area contributed by atoms with E-state index < -0.39 is 5.91 Å². The summed E-state index contributed by atoms with van der Waals surface area (Å²) < 4.78 is 17.4. The number of hydrogen-bond acceptors (Lipinski definition) is 7. The molecule has 8 nitrogen and oxygen atoms in total. The van der Waals surface area contributed by atoms with Crippen LogP contribution in [0.1, 0.15) is 45.7 Å². The molecule has 0 bridgehead atoms. The van der Waals surface area contributed by atoms with Crippen LogP contribution in [0.25, 0.3) is 0 Å². The monoisotopic (exact) mass is 602 g/mol. The molecule has 0 aliphatic heterocycles. The Morgan fingerprint density at radius 3 is 2.53 bits per heavy atom. The van der Waals surface area contributed by atoms with E-state index in [2.05, 4.69) is 33.1 Å². The van der Waals surface area contributed by atoms with Gasteiger partial charge in [-0.25, -0.2) is 10.2 Å². The van der Waals surface area contributed by atoms with Gasteiger partial charge in [-0.3, -0.25) is 4.79 Å². The summed E-state index contributed by atoms with van der Waals surface area (Å²) in [5, 5.41) is 13.9. The highest BCUT2D eigenvalue weighted by Crippen LogP contribution is 2.23. The number of phenols is 1. The van der Waals surface area contributed by atoms with Gasteiger partial charge in [0, 0.05) is 9.13 Å². The molecule has 0 spiro atoms. The lowest BCUT2D eigenvalue weighted by Crippen LogP contribution is -2.17. The van der Waals surface area contributed by atoms with Crippen molar-refractivity contribution in [2.75, 3.05) is 13.7 Å². The van der Waals surface area contributed by atoms with Crippen molar-refractivity contribution in [2.24, 2.45) is 11.0 Å². The van der Waals surface area contributed by atoms with E-state index in [9.17, 15) is 14.7 Å². The zero-order chi connectivity index (χ0) is 26.1. The van der Waals surface area contributed by atoms with Crippen LogP contribution in [0.3, 0.4) is 0 Å². The zero-order valence-corrected chi connectivity index (χ0v) is 22.3. The molecule has 1 amide bonds. The van der Waals surface area contributed by atoms with Gasteiger partial charge in [-0.15, -0.1) is 0 Å². The predicted molar refractivity (Wildman–Crippen MR) is 145 cm³/mol. The Bertz CT molecular complexity index is 1240. The summed E-state index contributed by atoms with van der Waals surface area (Å²) >= 11 is 2.06. The molecular formula is C27H27IN2O6. The first-order valence-corrected chi connectivity index (χ1v) is 12.2. The zero-order valence-electron chi connectivity index (χ0n) is 20.2. The molecule has 0 saturated carbocycles. The maximum Gasteiger partial charge on any atom is 0.338 e. The van der Waals surface area contributed by atoms with Crippen LogP contribution in [0.5, 0.6) is 17.2 Å². The minimum absolute atomic E-state index is 0.118. The molecule has 36 heavy (non-hydrogen) atoms. The number of halogens is 1. The number of carbonyl (C=O) groups is 2. The summed E-state index contributed by atoms with van der Waals surface area (Å²) in [6.45, 7) is 4.54. The number of benzene rings is 3. The fraction of sp³-hybridized carbons (Fsp3) is 0.222. The third kappa shape index (κ3) is 7.70. The van der Waals surface area contributed by atoms with Gasteiger partial charge in [0.25, 0.3) is 5.91 Å². The molecule has 3 aromatic carbocycles. The van der Waals surface area contributed by atoms with Crippen molar-refractivity contribution >= 4 is 40.7 Å². The Balaban J connectivity index is 1.62. The Labute approximate surface area is 223 Å². The fourth-order valence-corrected chi connectivity index (χ4v) is 3.57. The van der Waals surface area contributed by atoms with Gasteiger partial charge in [-0.05, 0) is 94.7 Å². The Morgan fingerprint density at radius 2 is 1.83 bits per heavy atom. The molecule has 0 fully saturated rings. The summed E-state index contributed by atoms with van der Waals surface area (Å²) in [5.41, 5.74) is 4.50. The Morgan fingerprint density at radius 1 is 1.08 bits per heavy atom. The molecule has 188 valence electrons. The highest BCUT2D eigenvalue weighted by molar-refractivity contribution is 14.1. The van der Waals surface area contributed by atoms with Gasteiger partial charge in [0.15, 0.2) is 0 Å². The van der Waals surface area contributed by atoms with Gasteiger partial charge in [0.2, 0.25) is 0 Å². The van der Waals surface area contributed by atoms with Crippen LogP contribution in [0.15, 0.2) is 65.8 Å². The number of esters is 1. The smallest absolute Gasteiger partial charge is 0.338 e. The van der Waals surface area contributed by atoms with Crippen molar-refractivity contribution < 1.29 is 28.9 Å². The average Bonchev–Trinajstić information content (AvgIpc) is 2.87. The van der Waals surface area contributed by atoms with Gasteiger partial charge in [-0.1, -0.05) is 13.8 Å². The second kappa shape index (κ2) is 12.9. The van der Waals surface area contributed by atoms with Crippen molar-refractivity contribution in [3.8, 4) is 17.2 Å². The van der Waals surface area contributed by atoms with Gasteiger partial charge in [0.1, 0.15) is 23.9 Å². The molecule has 3 rings (SSSR count). The van der Waals surface area contributed by atoms with E-state index in [4.69, 9.17) is 14.2 Å². The minimum Gasteiger partial charge on any atom is -0.507 e. The Kier molecular flexibility index (Phi) is 9.69. The van der Waals surface area contributed by atoms with Crippen LogP contribution in [0.4, 0.5) is 0 Å². The summed E-state index contributed by atoms with van der Waals surface area (Å²) in [5.74, 6) is 0.483. The van der Waals surface area contributed by atoms with Crippen LogP contribution in [0, 0.1) is 9.49 Å². The molecule has 0 heterocycles. The highest BCUT2D eigenvalue weighted by Gasteiger charge is 2.11. The number of amides is 1. The molecule has 9 heteroatoms. The van der Waals surface area contributed by atoms with Gasteiger partial charge < -0.3 is 19.3 Å². The number of aromatic hydroxyl groups is 1. The summed E-state index contributed by atoms with van der Waals surface area (Å²) in [4.78, 5) is 24.4. The molecule has 0 radical (unpaired) electrons. The number of rotatable bonds is 10. The lowest BCUT2D eigenvalue weighted by Gasteiger charge is -2.12. The van der Waals surface area contributed by atoms with Crippen molar-refractivity contribution in [3.05, 3.63) is 86.5 Å². The number of nitrogens with zero attached hydrogens (tertiary/aromatic N) is 1. The molecule has 0 aromatic heterocycles. The molecule has 2 N–H and O–H groups in total. The maximum absolute atomic E-state index is 12.3. The summed E-state index contributed by atoms with van der Waals surface area (Å²) in [6, 6.07) is 16.9. The van der Waals surface area contributed by atoms with Gasteiger partial charge in [0.05, 0.1) is 31.1 Å². The second-order valence-electron chi connectivity index (χ2n) is 8.24. The van der Waals surface area contributed by atoms with Gasteiger partial charge >= 0.3 is 5.97 Å². The van der Waals surface area contributed by atoms with Crippen LogP contribution >= 0.6 is 22.6 Å².